The summed E-state index contributed by atoms with van der Waals surface area (Å²) >= 11 is 0. The third-order valence-electron chi connectivity index (χ3n) is 25.3. The van der Waals surface area contributed by atoms with E-state index in [1.54, 1.807) is 291 Å². The number of rotatable bonds is 5. The van der Waals surface area contributed by atoms with Crippen LogP contribution < -0.4 is 0 Å². The van der Waals surface area contributed by atoms with E-state index in [-0.39, 0.29) is 6.42 Å². The van der Waals surface area contributed by atoms with E-state index in [0.29, 0.717) is 6.42 Å². The van der Waals surface area contributed by atoms with Gasteiger partial charge in [-0.05, 0) is 342 Å². The number of benzene rings is 20. The molecule has 0 unspecified atom stereocenters. The second-order valence-electron chi connectivity index (χ2n) is 26.0. The number of hydrogen-bond acceptors (Lipinski definition) is 1. The molecule has 1 aliphatic carbocycles. The van der Waals surface area contributed by atoms with Crippen LogP contribution in [0.25, 0.3) is 312 Å². The van der Waals surface area contributed by atoms with Crippen LogP contribution in [0.3, 0.4) is 0 Å². The molecule has 31 aromatic carbocycles. The van der Waals surface area contributed by atoms with Gasteiger partial charge in [0.05, 0.1) is 0 Å². The smallest absolute Gasteiger partial charge is 0.303 e. The molecule has 0 aliphatic heterocycles. The van der Waals surface area contributed by atoms with Crippen LogP contribution in [0.5, 0.6) is 0 Å². The molecule has 32 rings (SSSR count). The van der Waals surface area contributed by atoms with Gasteiger partial charge in [0.25, 0.3) is 0 Å². The normalized spacial score (nSPS) is 17.7. The van der Waals surface area contributed by atoms with Crippen LogP contribution in [0.2, 0.25) is 0 Å². The van der Waals surface area contributed by atoms with E-state index in [1.165, 1.54) is 38.2 Å². The van der Waals surface area contributed by atoms with Crippen LogP contribution in [0.15, 0.2) is 30.3 Å². The molecular formula is C71H12O2. The molecule has 0 saturated carbocycles. The van der Waals surface area contributed by atoms with Gasteiger partial charge in [-0.1, -0.05) is 30.3 Å². The van der Waals surface area contributed by atoms with Gasteiger partial charge in [-0.2, -0.15) is 0 Å². The van der Waals surface area contributed by atoms with Crippen molar-refractivity contribution in [2.45, 2.75) is 24.7 Å². The fraction of sp³-hybridized carbons (Fsp3) is 0.0563. The molecule has 1 N–H and O–H groups in total. The third kappa shape index (κ3) is 1.62. The van der Waals surface area contributed by atoms with Gasteiger partial charge in [0.15, 0.2) is 0 Å². The molecular weight excluding hydrogens is 885 g/mol. The maximum atomic E-state index is 13.0. The van der Waals surface area contributed by atoms with E-state index in [1.807, 2.05) is 0 Å². The van der Waals surface area contributed by atoms with Crippen LogP contribution in [0.1, 0.15) is 36.0 Å². The van der Waals surface area contributed by atoms with E-state index < -0.39 is 11.4 Å². The fourth-order valence-corrected chi connectivity index (χ4v) is 24.9. The summed E-state index contributed by atoms with van der Waals surface area (Å²) in [4.78, 5) is 13.0. The highest BCUT2D eigenvalue weighted by atomic mass is 16.4. The second-order valence-corrected chi connectivity index (χ2v) is 26.0. The van der Waals surface area contributed by atoms with E-state index in [0.717, 1.165) is 6.42 Å². The first-order valence-electron chi connectivity index (χ1n) is 27.0. The Labute approximate surface area is 397 Å². The maximum Gasteiger partial charge on any atom is 0.303 e. The van der Waals surface area contributed by atoms with Crippen LogP contribution >= 0.6 is 0 Å². The Morgan fingerprint density at radius 2 is 0.425 bits per heavy atom. The zero-order valence-electron chi connectivity index (χ0n) is 37.4. The lowest BCUT2D eigenvalue weighted by atomic mass is 9.59. The standard InChI is InChI=1S/C71H12O2/c72-10(73)7-4-8-71(9-5-2-1-3-6-9)69-65-58-51-39-31-22-13-11-12-14-17(13)26-33(31)41-42-34(26)32-23(14)25-21-16(12)19-18-15(11)20-24(22)37(39)45-43-29(20)27(18)35-36-28(19)30(21)44-46-38(25)40(32)52-54(42)63(62(65)53(41)51)66-59(52)57(46)61-50(44)48(36)55-47(35)49(43)60(56(45)58)67(69)64(55)68(61)70(66)71/h1-3,5-6H,4,7-8H2,(H,72,73). The minimum Gasteiger partial charge on any atom is -0.481 e. The number of fused-ring (bicyclic) bond motifs is 5. The molecule has 1 aliphatic rings. The highest BCUT2D eigenvalue weighted by Gasteiger charge is 2.55. The van der Waals surface area contributed by atoms with E-state index >= 15 is 0 Å². The van der Waals surface area contributed by atoms with Crippen molar-refractivity contribution in [1.82, 2.24) is 0 Å². The number of carboxylic acid groups (broad SMARTS) is 1. The molecule has 0 atom stereocenters. The Kier molecular flexibility index (Phi) is 2.54. The van der Waals surface area contributed by atoms with E-state index in [2.05, 4.69) is 30.3 Å². The van der Waals surface area contributed by atoms with Crippen LogP contribution in [0, 0.1) is 0 Å². The summed E-state index contributed by atoms with van der Waals surface area (Å²) in [6.07, 6.45) is 1.53. The summed E-state index contributed by atoms with van der Waals surface area (Å²) < 4.78 is 0. The molecule has 0 spiro atoms. The summed E-state index contributed by atoms with van der Waals surface area (Å²) in [5.41, 5.74) is 3.82. The van der Waals surface area contributed by atoms with Crippen molar-refractivity contribution in [1.29, 1.82) is 0 Å². The lowest BCUT2D eigenvalue weighted by Gasteiger charge is -2.42. The Morgan fingerprint density at radius 3 is 0.603 bits per heavy atom. The molecule has 0 heterocycles. The first kappa shape index (κ1) is 28.1. The minimum atomic E-state index is -0.691. The summed E-state index contributed by atoms with van der Waals surface area (Å²) in [6, 6.07) is 11.7. The monoisotopic (exact) mass is 896 g/mol. The van der Waals surface area contributed by atoms with Crippen LogP contribution in [-0.4, -0.2) is 11.1 Å². The molecule has 0 saturated heterocycles. The van der Waals surface area contributed by atoms with Gasteiger partial charge in [-0.25, -0.2) is 0 Å². The van der Waals surface area contributed by atoms with Crippen LogP contribution in [0.4, 0.5) is 0 Å². The molecule has 0 aromatic heterocycles. The first-order chi connectivity index (χ1) is 36.3. The minimum absolute atomic E-state index is 0.161. The van der Waals surface area contributed by atoms with Crippen LogP contribution in [-0.2, 0) is 10.2 Å². The van der Waals surface area contributed by atoms with Gasteiger partial charge in [0.1, 0.15) is 0 Å². The zero-order chi connectivity index (χ0) is 44.0. The zero-order valence-corrected chi connectivity index (χ0v) is 37.4. The average Bonchev–Trinajstić information content (AvgIpc) is 4.01. The average molecular weight is 897 g/mol. The van der Waals surface area contributed by atoms with Crippen molar-refractivity contribution in [2.24, 2.45) is 0 Å². The molecule has 31 aromatic rings. The Bertz CT molecular complexity index is 7290. The Balaban J connectivity index is 1.18. The number of carboxylic acids is 1. The van der Waals surface area contributed by atoms with E-state index in [4.69, 9.17) is 0 Å². The topological polar surface area (TPSA) is 37.3 Å². The first-order valence-corrected chi connectivity index (χ1v) is 27.0. The lowest BCUT2D eigenvalue weighted by molar-refractivity contribution is -0.137. The second kappa shape index (κ2) is 6.61. The largest absolute Gasteiger partial charge is 0.481 e. The lowest BCUT2D eigenvalue weighted by Crippen LogP contribution is -2.32. The van der Waals surface area contributed by atoms with Crippen molar-refractivity contribution < 1.29 is 9.90 Å². The summed E-state index contributed by atoms with van der Waals surface area (Å²) in [5.74, 6) is -0.691. The van der Waals surface area contributed by atoms with Crippen molar-refractivity contribution in [2.75, 3.05) is 0 Å². The number of aliphatic carboxylic acids is 1. The molecule has 73 heavy (non-hydrogen) atoms. The Hall–Kier alpha value is -9.11. The van der Waals surface area contributed by atoms with Gasteiger partial charge in [-0.15, -0.1) is 0 Å². The van der Waals surface area contributed by atoms with E-state index in [9.17, 15) is 9.90 Å². The SMILES string of the molecule is O=C(O)CCCC1(c2ccccc2)c2c3c4c5c1c1c6c7c2c2c8c3c3c9c4c4c%10c5c5c1c1c6c6c%11c7c2c2c7c8c3c3c8c9c4c4c9c%10c5c5c1c1c6c6c%11c2c2c7c3c3c8c4c4c9c5c1c1c6c2c3c41. The summed E-state index contributed by atoms with van der Waals surface area (Å²) in [6.45, 7) is 0. The fourth-order valence-electron chi connectivity index (χ4n) is 24.9. The molecule has 0 radical (unpaired) electrons. The third-order valence-corrected chi connectivity index (χ3v) is 25.3. The molecule has 2 heteroatoms. The highest BCUT2D eigenvalue weighted by molar-refractivity contribution is 6.84. The predicted molar refractivity (Wildman–Crippen MR) is 309 cm³/mol. The number of hydrogen-bond donors (Lipinski definition) is 1. The molecule has 2 nitrogen and oxygen atoms in total. The van der Waals surface area contributed by atoms with Gasteiger partial charge in [-0.3, -0.25) is 4.79 Å². The number of carbonyl (C=O) groups is 1. The summed E-state index contributed by atoms with van der Waals surface area (Å²) in [5, 5.41) is 103. The molecule has 0 fully saturated rings. The van der Waals surface area contributed by atoms with Crippen molar-refractivity contribution in [3.63, 3.8) is 0 Å². The van der Waals surface area contributed by atoms with Gasteiger partial charge in [0.2, 0.25) is 0 Å². The predicted octanol–water partition coefficient (Wildman–Crippen LogP) is 19.6. The quantitative estimate of drug-likeness (QED) is 0.175. The highest BCUT2D eigenvalue weighted by Crippen LogP contribution is 2.81. The molecule has 0 bridgehead atoms. The maximum absolute atomic E-state index is 13.0. The van der Waals surface area contributed by atoms with Gasteiger partial charge >= 0.3 is 5.97 Å². The van der Waals surface area contributed by atoms with Crippen molar-refractivity contribution in [3.8, 4) is 0 Å². The summed E-state index contributed by atoms with van der Waals surface area (Å²) in [7, 11) is 0. The van der Waals surface area contributed by atoms with Gasteiger partial charge in [0, 0.05) is 11.8 Å². The van der Waals surface area contributed by atoms with Gasteiger partial charge < -0.3 is 5.11 Å². The van der Waals surface area contributed by atoms with Crippen molar-refractivity contribution in [3.05, 3.63) is 47.0 Å². The molecule has 0 amide bonds. The molecule has 308 valence electrons. The Morgan fingerprint density at radius 1 is 0.260 bits per heavy atom. The van der Waals surface area contributed by atoms with Crippen molar-refractivity contribution >= 4 is 318 Å².